The average Bonchev–Trinajstić information content (AvgIpc) is 4.27. The number of anilines is 3. The molecule has 75 heavy (non-hydrogen) atoms. The lowest BCUT2D eigenvalue weighted by molar-refractivity contribution is 0.666. The summed E-state index contributed by atoms with van der Waals surface area (Å²) in [7, 11) is 0. The number of hydrogen-bond donors (Lipinski definition) is 0. The Hall–Kier alpha value is -9.30. The smallest absolute Gasteiger partial charge is 0.0726 e. The largest absolute Gasteiger partial charge is 0.310 e. The molecule has 0 aromatic heterocycles. The maximum Gasteiger partial charge on any atom is 0.0726 e. The van der Waals surface area contributed by atoms with Crippen molar-refractivity contribution in [2.24, 2.45) is 0 Å². The molecule has 352 valence electrons. The summed E-state index contributed by atoms with van der Waals surface area (Å²) in [6.45, 7) is 4.82. The molecule has 1 nitrogen and oxygen atoms in total. The van der Waals surface area contributed by atoms with Crippen LogP contribution in [0.15, 0.2) is 273 Å². The van der Waals surface area contributed by atoms with Crippen LogP contribution in [0, 0.1) is 0 Å². The third kappa shape index (κ3) is 6.31. The molecule has 3 aliphatic carbocycles. The molecule has 1 heteroatoms. The third-order valence-corrected chi connectivity index (χ3v) is 16.9. The van der Waals surface area contributed by atoms with Crippen molar-refractivity contribution in [3.63, 3.8) is 0 Å². The molecule has 0 fully saturated rings. The normalized spacial score (nSPS) is 13.7. The van der Waals surface area contributed by atoms with E-state index in [1.807, 2.05) is 0 Å². The van der Waals surface area contributed by atoms with Gasteiger partial charge < -0.3 is 4.90 Å². The lowest BCUT2D eigenvalue weighted by atomic mass is 9.70. The van der Waals surface area contributed by atoms with E-state index in [-0.39, 0.29) is 5.41 Å². The first-order valence-electron chi connectivity index (χ1n) is 26.3. The summed E-state index contributed by atoms with van der Waals surface area (Å²) in [4.78, 5) is 2.46. The predicted octanol–water partition coefficient (Wildman–Crippen LogP) is 19.6. The van der Waals surface area contributed by atoms with Crippen LogP contribution in [0.25, 0.3) is 88.7 Å². The van der Waals surface area contributed by atoms with Gasteiger partial charge in [-0.15, -0.1) is 0 Å². The van der Waals surface area contributed by atoms with Crippen molar-refractivity contribution in [3.8, 4) is 77.9 Å². The molecular formula is C74H51N. The topological polar surface area (TPSA) is 3.24 Å². The Labute approximate surface area is 439 Å². The molecule has 0 amide bonds. The maximum absolute atomic E-state index is 2.50. The van der Waals surface area contributed by atoms with Crippen LogP contribution < -0.4 is 4.90 Å². The van der Waals surface area contributed by atoms with Gasteiger partial charge in [0.2, 0.25) is 0 Å². The predicted molar refractivity (Wildman–Crippen MR) is 314 cm³/mol. The lowest BCUT2D eigenvalue weighted by Crippen LogP contribution is -2.26. The minimum atomic E-state index is -0.459. The van der Waals surface area contributed by atoms with Crippen LogP contribution in [0.2, 0.25) is 0 Å². The standard InChI is InChI=1S/C74H51N/c1-73(2)64-29-15-14-28-63(64)71-70(53-35-33-50(34-36-53)48-19-5-3-6-20-48)69(61-26-9-10-27-62(61)72(71)73)52-39-43-55(44-40-52)75(54-41-37-51(38-42-54)49-21-7-4-8-22-49)56-45-46-60-59-25-13-18-32-67(59)74(68(60)47-56)65-30-16-11-23-57(65)58-24-12-17-31-66(58)74/h3-47H,1-2H3. The van der Waals surface area contributed by atoms with Gasteiger partial charge in [-0.3, -0.25) is 0 Å². The van der Waals surface area contributed by atoms with Crippen molar-refractivity contribution in [1.82, 2.24) is 0 Å². The Balaban J connectivity index is 0.942. The lowest BCUT2D eigenvalue weighted by Gasteiger charge is -2.32. The second-order valence-electron chi connectivity index (χ2n) is 21.1. The second-order valence-corrected chi connectivity index (χ2v) is 21.1. The molecule has 0 saturated carbocycles. The van der Waals surface area contributed by atoms with Crippen LogP contribution in [0.3, 0.4) is 0 Å². The van der Waals surface area contributed by atoms with E-state index in [2.05, 4.69) is 292 Å². The first-order chi connectivity index (χ1) is 37.0. The summed E-state index contributed by atoms with van der Waals surface area (Å²) in [5.41, 5.74) is 28.4. The van der Waals surface area contributed by atoms with Gasteiger partial charge in [0.15, 0.2) is 0 Å². The zero-order chi connectivity index (χ0) is 49.8. The first kappa shape index (κ1) is 43.3. The van der Waals surface area contributed by atoms with Gasteiger partial charge in [-0.1, -0.05) is 250 Å². The highest BCUT2D eigenvalue weighted by Gasteiger charge is 2.51. The molecule has 0 unspecified atom stereocenters. The van der Waals surface area contributed by atoms with E-state index in [9.17, 15) is 0 Å². The summed E-state index contributed by atoms with van der Waals surface area (Å²) >= 11 is 0. The van der Waals surface area contributed by atoms with E-state index in [0.29, 0.717) is 0 Å². The molecule has 15 rings (SSSR count). The molecule has 0 aliphatic heterocycles. The van der Waals surface area contributed by atoms with E-state index in [1.165, 1.54) is 122 Å². The molecule has 3 aliphatic rings. The molecule has 0 atom stereocenters. The first-order valence-corrected chi connectivity index (χ1v) is 26.3. The minimum absolute atomic E-state index is 0.193. The zero-order valence-corrected chi connectivity index (χ0v) is 41.9. The number of benzene rings is 12. The molecule has 12 aromatic rings. The summed E-state index contributed by atoms with van der Waals surface area (Å²) in [5, 5.41) is 2.57. The van der Waals surface area contributed by atoms with Crippen LogP contribution >= 0.6 is 0 Å². The molecule has 0 radical (unpaired) electrons. The Morgan fingerprint density at radius 1 is 0.253 bits per heavy atom. The van der Waals surface area contributed by atoms with Gasteiger partial charge in [-0.2, -0.15) is 0 Å². The van der Waals surface area contributed by atoms with Crippen LogP contribution in [-0.4, -0.2) is 0 Å². The maximum atomic E-state index is 2.50. The number of nitrogens with zero attached hydrogens (tertiary/aromatic N) is 1. The Morgan fingerprint density at radius 3 is 1.17 bits per heavy atom. The van der Waals surface area contributed by atoms with Gasteiger partial charge in [-0.25, -0.2) is 0 Å². The van der Waals surface area contributed by atoms with Crippen LogP contribution in [-0.2, 0) is 10.8 Å². The average molecular weight is 954 g/mol. The zero-order valence-electron chi connectivity index (χ0n) is 41.9. The fraction of sp³-hybridized carbons (Fsp3) is 0.0541. The van der Waals surface area contributed by atoms with E-state index in [0.717, 1.165) is 17.1 Å². The van der Waals surface area contributed by atoms with Crippen molar-refractivity contribution in [2.75, 3.05) is 4.90 Å². The van der Waals surface area contributed by atoms with Crippen LogP contribution in [0.4, 0.5) is 17.1 Å². The van der Waals surface area contributed by atoms with Gasteiger partial charge in [0.1, 0.15) is 0 Å². The highest BCUT2D eigenvalue weighted by atomic mass is 15.1. The van der Waals surface area contributed by atoms with Gasteiger partial charge in [-0.05, 0) is 158 Å². The summed E-state index contributed by atoms with van der Waals surface area (Å²) in [6.07, 6.45) is 0. The Kier molecular flexibility index (Phi) is 9.59. The fourth-order valence-electron chi connectivity index (χ4n) is 13.7. The number of fused-ring (bicyclic) bond motifs is 15. The third-order valence-electron chi connectivity index (χ3n) is 16.9. The van der Waals surface area contributed by atoms with Crippen LogP contribution in [0.5, 0.6) is 0 Å². The SMILES string of the molecule is CC1(C)c2ccccc2-c2c(-c3ccc(-c4ccccc4)cc3)c(-c3ccc(N(c4ccc(-c5ccccc5)cc4)c4ccc5c(c4)C4(c6ccccc6-c6ccccc64)c4ccccc4-5)cc3)c3ccccc3c21. The van der Waals surface area contributed by atoms with E-state index < -0.39 is 5.41 Å². The van der Waals surface area contributed by atoms with E-state index >= 15 is 0 Å². The molecule has 0 heterocycles. The molecular weight excluding hydrogens is 903 g/mol. The van der Waals surface area contributed by atoms with Gasteiger partial charge in [0, 0.05) is 22.5 Å². The quantitative estimate of drug-likeness (QED) is 0.154. The van der Waals surface area contributed by atoms with E-state index in [4.69, 9.17) is 0 Å². The molecule has 0 saturated heterocycles. The molecule has 0 bridgehead atoms. The summed E-state index contributed by atoms with van der Waals surface area (Å²) < 4.78 is 0. The molecule has 1 spiro atoms. The van der Waals surface area contributed by atoms with Crippen molar-refractivity contribution in [3.05, 3.63) is 306 Å². The minimum Gasteiger partial charge on any atom is -0.310 e. The Morgan fingerprint density at radius 2 is 0.627 bits per heavy atom. The van der Waals surface area contributed by atoms with Crippen molar-refractivity contribution in [1.29, 1.82) is 0 Å². The number of rotatable bonds is 7. The summed E-state index contributed by atoms with van der Waals surface area (Å²) in [6, 6.07) is 102. The van der Waals surface area contributed by atoms with Gasteiger partial charge >= 0.3 is 0 Å². The van der Waals surface area contributed by atoms with Crippen molar-refractivity contribution < 1.29 is 0 Å². The van der Waals surface area contributed by atoms with Gasteiger partial charge in [0.25, 0.3) is 0 Å². The van der Waals surface area contributed by atoms with Gasteiger partial charge in [0.05, 0.1) is 5.41 Å². The highest BCUT2D eigenvalue weighted by Crippen LogP contribution is 2.64. The van der Waals surface area contributed by atoms with Crippen molar-refractivity contribution >= 4 is 27.8 Å². The highest BCUT2D eigenvalue weighted by molar-refractivity contribution is 6.15. The molecule has 0 N–H and O–H groups in total. The number of hydrogen-bond acceptors (Lipinski definition) is 1. The van der Waals surface area contributed by atoms with Crippen molar-refractivity contribution in [2.45, 2.75) is 24.7 Å². The monoisotopic (exact) mass is 953 g/mol. The van der Waals surface area contributed by atoms with E-state index in [1.54, 1.807) is 0 Å². The van der Waals surface area contributed by atoms with Crippen LogP contribution in [0.1, 0.15) is 47.2 Å². The molecule has 12 aromatic carbocycles. The summed E-state index contributed by atoms with van der Waals surface area (Å²) in [5.74, 6) is 0. The second kappa shape index (κ2) is 16.6. The Bertz CT molecular complexity index is 4160. The fourth-order valence-corrected chi connectivity index (χ4v) is 13.7.